The molecule has 0 bridgehead atoms. The Bertz CT molecular complexity index is 549. The minimum absolute atomic E-state index is 0.0814. The quantitative estimate of drug-likeness (QED) is 0.813. The van der Waals surface area contributed by atoms with Gasteiger partial charge in [-0.25, -0.2) is 4.79 Å². The van der Waals surface area contributed by atoms with Gasteiger partial charge in [-0.1, -0.05) is 24.3 Å². The Kier molecular flexibility index (Phi) is 5.21. The molecular formula is C19H26N2O2. The van der Waals surface area contributed by atoms with E-state index >= 15 is 0 Å². The van der Waals surface area contributed by atoms with Gasteiger partial charge in [0, 0.05) is 19.1 Å². The van der Waals surface area contributed by atoms with Gasteiger partial charge in [-0.2, -0.15) is 0 Å². The number of nitrogens with zero attached hydrogens (tertiary/aromatic N) is 1. The first-order valence-electron chi connectivity index (χ1n) is 8.58. The monoisotopic (exact) mass is 314 g/mol. The third-order valence-electron chi connectivity index (χ3n) is 4.68. The number of urea groups is 1. The van der Waals surface area contributed by atoms with Crippen molar-refractivity contribution in [3.8, 4) is 5.75 Å². The lowest BCUT2D eigenvalue weighted by molar-refractivity contribution is 0.189. The number of amides is 2. The van der Waals surface area contributed by atoms with E-state index in [4.69, 9.17) is 4.74 Å². The molecule has 3 rings (SSSR count). The molecule has 0 aromatic heterocycles. The third kappa shape index (κ3) is 4.50. The maximum absolute atomic E-state index is 12.6. The maximum Gasteiger partial charge on any atom is 0.317 e. The number of nitrogens with one attached hydrogen (secondary N) is 1. The van der Waals surface area contributed by atoms with Crippen molar-refractivity contribution in [2.24, 2.45) is 5.92 Å². The zero-order chi connectivity index (χ0) is 16.1. The van der Waals surface area contributed by atoms with Crippen molar-refractivity contribution < 1.29 is 9.53 Å². The Labute approximate surface area is 138 Å². The zero-order valence-corrected chi connectivity index (χ0v) is 13.8. The lowest BCUT2D eigenvalue weighted by Crippen LogP contribution is -2.42. The Balaban J connectivity index is 1.54. The third-order valence-corrected chi connectivity index (χ3v) is 4.68. The van der Waals surface area contributed by atoms with Gasteiger partial charge in [0.1, 0.15) is 5.75 Å². The van der Waals surface area contributed by atoms with Gasteiger partial charge in [-0.3, -0.25) is 0 Å². The minimum Gasteiger partial charge on any atom is -0.497 e. The smallest absolute Gasteiger partial charge is 0.317 e. The molecule has 2 aliphatic carbocycles. The predicted octanol–water partition coefficient (Wildman–Crippen LogP) is 3.73. The molecule has 1 unspecified atom stereocenters. The second-order valence-corrected chi connectivity index (χ2v) is 6.54. The van der Waals surface area contributed by atoms with Crippen LogP contribution in [-0.2, 0) is 6.54 Å². The van der Waals surface area contributed by atoms with E-state index < -0.39 is 0 Å². The molecule has 2 aliphatic rings. The lowest BCUT2D eigenvalue weighted by atomic mass is 9.94. The molecule has 1 aromatic carbocycles. The van der Waals surface area contributed by atoms with Crippen LogP contribution in [0, 0.1) is 5.92 Å². The largest absolute Gasteiger partial charge is 0.497 e. The van der Waals surface area contributed by atoms with Crippen LogP contribution in [0.25, 0.3) is 0 Å². The van der Waals surface area contributed by atoms with E-state index in [0.29, 0.717) is 18.5 Å². The second kappa shape index (κ2) is 7.53. The van der Waals surface area contributed by atoms with Gasteiger partial charge in [-0.15, -0.1) is 0 Å². The molecule has 1 saturated carbocycles. The second-order valence-electron chi connectivity index (χ2n) is 6.54. The van der Waals surface area contributed by atoms with Crippen LogP contribution >= 0.6 is 0 Å². The molecule has 23 heavy (non-hydrogen) atoms. The summed E-state index contributed by atoms with van der Waals surface area (Å²) in [4.78, 5) is 14.6. The summed E-state index contributed by atoms with van der Waals surface area (Å²) in [7, 11) is 1.67. The minimum atomic E-state index is 0.0814. The van der Waals surface area contributed by atoms with Crippen molar-refractivity contribution in [3.63, 3.8) is 0 Å². The van der Waals surface area contributed by atoms with Gasteiger partial charge in [0.2, 0.25) is 0 Å². The van der Waals surface area contributed by atoms with Crippen molar-refractivity contribution >= 4 is 6.03 Å². The number of hydrogen-bond donors (Lipinski definition) is 1. The zero-order valence-electron chi connectivity index (χ0n) is 13.8. The first-order valence-corrected chi connectivity index (χ1v) is 8.58. The van der Waals surface area contributed by atoms with E-state index in [0.717, 1.165) is 43.5 Å². The van der Waals surface area contributed by atoms with Crippen LogP contribution in [0.15, 0.2) is 36.4 Å². The summed E-state index contributed by atoms with van der Waals surface area (Å²) in [5.74, 6) is 1.44. The highest BCUT2D eigenvalue weighted by molar-refractivity contribution is 5.75. The molecule has 0 heterocycles. The Morgan fingerprint density at radius 2 is 2.00 bits per heavy atom. The molecule has 1 aromatic rings. The van der Waals surface area contributed by atoms with Crippen LogP contribution in [-0.4, -0.2) is 30.6 Å². The van der Waals surface area contributed by atoms with Crippen molar-refractivity contribution in [1.82, 2.24) is 10.2 Å². The Morgan fingerprint density at radius 3 is 2.61 bits per heavy atom. The fourth-order valence-corrected chi connectivity index (χ4v) is 3.06. The van der Waals surface area contributed by atoms with E-state index in [1.54, 1.807) is 7.11 Å². The number of carbonyl (C=O) groups is 1. The summed E-state index contributed by atoms with van der Waals surface area (Å²) in [6, 6.07) is 8.46. The number of carbonyl (C=O) groups excluding carboxylic acids is 1. The van der Waals surface area contributed by atoms with Crippen LogP contribution in [0.3, 0.4) is 0 Å². The summed E-state index contributed by atoms with van der Waals surface area (Å²) < 4.78 is 5.19. The molecule has 2 amide bonds. The average Bonchev–Trinajstić information content (AvgIpc) is 3.44. The molecule has 124 valence electrons. The van der Waals surface area contributed by atoms with Crippen LogP contribution in [0.4, 0.5) is 4.79 Å². The molecule has 0 saturated heterocycles. The summed E-state index contributed by atoms with van der Waals surface area (Å²) >= 11 is 0. The highest BCUT2D eigenvalue weighted by atomic mass is 16.5. The number of rotatable bonds is 6. The molecule has 1 N–H and O–H groups in total. The summed E-state index contributed by atoms with van der Waals surface area (Å²) in [6.07, 6.45) is 10.1. The number of methoxy groups -OCH3 is 1. The first-order chi connectivity index (χ1) is 11.3. The molecular weight excluding hydrogens is 288 g/mol. The van der Waals surface area contributed by atoms with Gasteiger partial charge in [0.25, 0.3) is 0 Å². The van der Waals surface area contributed by atoms with Crippen molar-refractivity contribution in [1.29, 1.82) is 0 Å². The van der Waals surface area contributed by atoms with Crippen LogP contribution in [0.1, 0.15) is 37.7 Å². The molecule has 4 heteroatoms. The summed E-state index contributed by atoms with van der Waals surface area (Å²) in [5.41, 5.74) is 1.15. The van der Waals surface area contributed by atoms with Crippen molar-refractivity contribution in [2.45, 2.75) is 44.7 Å². The number of benzene rings is 1. The fraction of sp³-hybridized carbons (Fsp3) is 0.526. The fourth-order valence-electron chi connectivity index (χ4n) is 3.06. The van der Waals surface area contributed by atoms with E-state index in [-0.39, 0.29) is 6.03 Å². The molecule has 0 aliphatic heterocycles. The molecule has 1 fully saturated rings. The Hall–Kier alpha value is -1.97. The maximum atomic E-state index is 12.6. The number of ether oxygens (including phenoxy) is 1. The van der Waals surface area contributed by atoms with Gasteiger partial charge in [0.15, 0.2) is 0 Å². The van der Waals surface area contributed by atoms with Crippen LogP contribution < -0.4 is 10.1 Å². The predicted molar refractivity (Wildman–Crippen MR) is 91.4 cm³/mol. The van der Waals surface area contributed by atoms with Crippen LogP contribution in [0.2, 0.25) is 0 Å². The molecule has 0 radical (unpaired) electrons. The highest BCUT2D eigenvalue weighted by Crippen LogP contribution is 2.29. The van der Waals surface area contributed by atoms with E-state index in [9.17, 15) is 4.79 Å². The van der Waals surface area contributed by atoms with Gasteiger partial charge in [0.05, 0.1) is 7.11 Å². The van der Waals surface area contributed by atoms with Crippen molar-refractivity contribution in [3.05, 3.63) is 42.0 Å². The van der Waals surface area contributed by atoms with Crippen molar-refractivity contribution in [2.75, 3.05) is 13.7 Å². The van der Waals surface area contributed by atoms with E-state index in [1.807, 2.05) is 29.2 Å². The SMILES string of the molecule is COc1ccc(CN(C(=O)NCC2CC=CCC2)C2CC2)cc1. The van der Waals surface area contributed by atoms with E-state index in [2.05, 4.69) is 17.5 Å². The first kappa shape index (κ1) is 15.9. The van der Waals surface area contributed by atoms with Gasteiger partial charge in [-0.05, 0) is 55.7 Å². The lowest BCUT2D eigenvalue weighted by Gasteiger charge is -2.25. The highest BCUT2D eigenvalue weighted by Gasteiger charge is 2.32. The van der Waals surface area contributed by atoms with Gasteiger partial charge >= 0.3 is 6.03 Å². The van der Waals surface area contributed by atoms with Crippen LogP contribution in [0.5, 0.6) is 5.75 Å². The number of hydrogen-bond acceptors (Lipinski definition) is 2. The van der Waals surface area contributed by atoms with E-state index in [1.165, 1.54) is 6.42 Å². The summed E-state index contributed by atoms with van der Waals surface area (Å²) in [6.45, 7) is 1.46. The molecule has 1 atom stereocenters. The average molecular weight is 314 g/mol. The number of allylic oxidation sites excluding steroid dienone is 2. The molecule has 0 spiro atoms. The topological polar surface area (TPSA) is 41.6 Å². The molecule has 4 nitrogen and oxygen atoms in total. The van der Waals surface area contributed by atoms with Gasteiger partial charge < -0.3 is 15.0 Å². The normalized spacial score (nSPS) is 20.1. The standard InChI is InChI=1S/C19H26N2O2/c1-23-18-11-7-16(8-12-18)14-21(17-9-10-17)19(22)20-13-15-5-3-2-4-6-15/h2-3,7-8,11-12,15,17H,4-6,9-10,13-14H2,1H3,(H,20,22). The summed E-state index contributed by atoms with van der Waals surface area (Å²) in [5, 5.41) is 3.15. The Morgan fingerprint density at radius 1 is 1.22 bits per heavy atom.